The molecule has 0 aliphatic rings. The number of hydrogen-bond acceptors (Lipinski definition) is 4. The molecule has 4 nitrogen and oxygen atoms in total. The summed E-state index contributed by atoms with van der Waals surface area (Å²) in [6.45, 7) is 0.963. The predicted octanol–water partition coefficient (Wildman–Crippen LogP) is 0.304. The summed E-state index contributed by atoms with van der Waals surface area (Å²) in [4.78, 5) is 10.3. The van der Waals surface area contributed by atoms with Crippen LogP contribution in [-0.2, 0) is 6.42 Å². The van der Waals surface area contributed by atoms with Crippen LogP contribution in [0.1, 0.15) is 5.56 Å². The fourth-order valence-corrected chi connectivity index (χ4v) is 0.977. The number of nitrogens with one attached hydrogen (secondary N) is 1. The van der Waals surface area contributed by atoms with E-state index in [2.05, 4.69) is 15.3 Å². The van der Waals surface area contributed by atoms with E-state index in [0.29, 0.717) is 0 Å². The molecule has 13 heavy (non-hydrogen) atoms. The third-order valence-corrected chi connectivity index (χ3v) is 1.76. The molecule has 0 aliphatic carbocycles. The summed E-state index contributed by atoms with van der Waals surface area (Å²) >= 11 is 0. The molecule has 0 saturated heterocycles. The standard InChI is InChI=1S/C9H16N4/c1-10-5-4-8-6-11-9(12-7-8)13(2)3/h6-7,10H,4-5H2,1-3H3. The van der Waals surface area contributed by atoms with Crippen LogP contribution in [0.15, 0.2) is 12.4 Å². The van der Waals surface area contributed by atoms with E-state index in [0.717, 1.165) is 18.9 Å². The zero-order valence-corrected chi connectivity index (χ0v) is 8.41. The molecule has 1 aromatic rings. The molecule has 1 heterocycles. The minimum Gasteiger partial charge on any atom is -0.347 e. The summed E-state index contributed by atoms with van der Waals surface area (Å²) in [6, 6.07) is 0. The molecule has 1 aromatic heterocycles. The number of nitrogens with zero attached hydrogens (tertiary/aromatic N) is 3. The van der Waals surface area contributed by atoms with Crippen molar-refractivity contribution in [1.29, 1.82) is 0 Å². The quantitative estimate of drug-likeness (QED) is 0.723. The molecule has 0 amide bonds. The van der Waals surface area contributed by atoms with E-state index in [1.165, 1.54) is 5.56 Å². The van der Waals surface area contributed by atoms with Crippen molar-refractivity contribution in [1.82, 2.24) is 15.3 Å². The largest absolute Gasteiger partial charge is 0.347 e. The molecule has 0 aliphatic heterocycles. The first-order valence-corrected chi connectivity index (χ1v) is 4.37. The van der Waals surface area contributed by atoms with Crippen molar-refractivity contribution in [3.05, 3.63) is 18.0 Å². The van der Waals surface area contributed by atoms with Crippen LogP contribution in [0.4, 0.5) is 5.95 Å². The molecule has 0 bridgehead atoms. The lowest BCUT2D eigenvalue weighted by Gasteiger charge is -2.09. The SMILES string of the molecule is CNCCc1cnc(N(C)C)nc1. The van der Waals surface area contributed by atoms with Gasteiger partial charge < -0.3 is 10.2 Å². The van der Waals surface area contributed by atoms with Crippen molar-refractivity contribution in [3.63, 3.8) is 0 Å². The van der Waals surface area contributed by atoms with E-state index in [1.54, 1.807) is 0 Å². The van der Waals surface area contributed by atoms with Gasteiger partial charge in [-0.2, -0.15) is 0 Å². The van der Waals surface area contributed by atoms with Gasteiger partial charge in [0.2, 0.25) is 5.95 Å². The minimum absolute atomic E-state index is 0.758. The van der Waals surface area contributed by atoms with Crippen LogP contribution < -0.4 is 10.2 Å². The number of hydrogen-bond donors (Lipinski definition) is 1. The zero-order valence-electron chi connectivity index (χ0n) is 8.41. The van der Waals surface area contributed by atoms with E-state index >= 15 is 0 Å². The van der Waals surface area contributed by atoms with Gasteiger partial charge in [0.05, 0.1) is 0 Å². The Morgan fingerprint density at radius 1 is 1.31 bits per heavy atom. The molecule has 1 N–H and O–H groups in total. The van der Waals surface area contributed by atoms with Crippen molar-refractivity contribution < 1.29 is 0 Å². The summed E-state index contributed by atoms with van der Waals surface area (Å²) in [7, 11) is 5.81. The number of likely N-dealkylation sites (N-methyl/N-ethyl adjacent to an activating group) is 1. The van der Waals surface area contributed by atoms with Gasteiger partial charge in [0.25, 0.3) is 0 Å². The first-order valence-electron chi connectivity index (χ1n) is 4.37. The van der Waals surface area contributed by atoms with Gasteiger partial charge in [0, 0.05) is 26.5 Å². The maximum atomic E-state index is 4.22. The van der Waals surface area contributed by atoms with Crippen molar-refractivity contribution in [2.24, 2.45) is 0 Å². The second-order valence-electron chi connectivity index (χ2n) is 3.14. The van der Waals surface area contributed by atoms with Gasteiger partial charge in [0.1, 0.15) is 0 Å². The van der Waals surface area contributed by atoms with Crippen LogP contribution in [0.5, 0.6) is 0 Å². The summed E-state index contributed by atoms with van der Waals surface area (Å²) in [5.74, 6) is 0.758. The first kappa shape index (κ1) is 9.92. The van der Waals surface area contributed by atoms with Gasteiger partial charge in [-0.15, -0.1) is 0 Å². The van der Waals surface area contributed by atoms with Crippen LogP contribution >= 0.6 is 0 Å². The molecule has 0 aromatic carbocycles. The van der Waals surface area contributed by atoms with Crippen LogP contribution in [0.3, 0.4) is 0 Å². The molecule has 1 rings (SSSR count). The smallest absolute Gasteiger partial charge is 0.224 e. The first-order chi connectivity index (χ1) is 6.24. The Morgan fingerprint density at radius 3 is 2.38 bits per heavy atom. The van der Waals surface area contributed by atoms with Crippen molar-refractivity contribution in [2.45, 2.75) is 6.42 Å². The lowest BCUT2D eigenvalue weighted by Crippen LogP contribution is -2.14. The van der Waals surface area contributed by atoms with Crippen LogP contribution in [0.2, 0.25) is 0 Å². The predicted molar refractivity (Wildman–Crippen MR) is 54.0 cm³/mol. The van der Waals surface area contributed by atoms with Crippen molar-refractivity contribution in [3.8, 4) is 0 Å². The third kappa shape index (κ3) is 2.99. The molecule has 0 fully saturated rings. The summed E-state index contributed by atoms with van der Waals surface area (Å²) in [5.41, 5.74) is 1.17. The average Bonchev–Trinajstić information content (AvgIpc) is 2.15. The Hall–Kier alpha value is -1.16. The Kier molecular flexibility index (Phi) is 3.64. The maximum Gasteiger partial charge on any atom is 0.224 e. The second kappa shape index (κ2) is 4.77. The molecule has 72 valence electrons. The van der Waals surface area contributed by atoms with E-state index < -0.39 is 0 Å². The highest BCUT2D eigenvalue weighted by Crippen LogP contribution is 2.02. The second-order valence-corrected chi connectivity index (χ2v) is 3.14. The number of rotatable bonds is 4. The van der Waals surface area contributed by atoms with E-state index in [-0.39, 0.29) is 0 Å². The van der Waals surface area contributed by atoms with Gasteiger partial charge in [0.15, 0.2) is 0 Å². The normalized spacial score (nSPS) is 10.1. The molecule has 0 radical (unpaired) electrons. The molecule has 0 saturated carbocycles. The van der Waals surface area contributed by atoms with E-state index in [4.69, 9.17) is 0 Å². The van der Waals surface area contributed by atoms with Crippen molar-refractivity contribution >= 4 is 5.95 Å². The third-order valence-electron chi connectivity index (χ3n) is 1.76. The van der Waals surface area contributed by atoms with Crippen LogP contribution in [0.25, 0.3) is 0 Å². The monoisotopic (exact) mass is 180 g/mol. The highest BCUT2D eigenvalue weighted by atomic mass is 15.2. The van der Waals surface area contributed by atoms with E-state index in [9.17, 15) is 0 Å². The molecular weight excluding hydrogens is 164 g/mol. The van der Waals surface area contributed by atoms with Crippen LogP contribution in [0, 0.1) is 0 Å². The van der Waals surface area contributed by atoms with Gasteiger partial charge in [-0.05, 0) is 25.6 Å². The van der Waals surface area contributed by atoms with Crippen LogP contribution in [-0.4, -0.2) is 37.7 Å². The zero-order chi connectivity index (χ0) is 9.68. The van der Waals surface area contributed by atoms with Gasteiger partial charge in [-0.25, -0.2) is 9.97 Å². The van der Waals surface area contributed by atoms with Gasteiger partial charge in [-0.1, -0.05) is 0 Å². The number of anilines is 1. The molecule has 0 unspecified atom stereocenters. The Morgan fingerprint density at radius 2 is 1.92 bits per heavy atom. The topological polar surface area (TPSA) is 41.1 Å². The minimum atomic E-state index is 0.758. The molecule has 0 spiro atoms. The lowest BCUT2D eigenvalue weighted by atomic mass is 10.2. The maximum absolute atomic E-state index is 4.22. The Balaban J connectivity index is 2.59. The Bertz CT molecular complexity index is 242. The van der Waals surface area contributed by atoms with Crippen molar-refractivity contribution in [2.75, 3.05) is 32.6 Å². The summed E-state index contributed by atoms with van der Waals surface area (Å²) < 4.78 is 0. The molecule has 0 atom stereocenters. The molecular formula is C9H16N4. The fraction of sp³-hybridized carbons (Fsp3) is 0.556. The fourth-order valence-electron chi connectivity index (χ4n) is 0.977. The van der Waals surface area contributed by atoms with E-state index in [1.807, 2.05) is 38.4 Å². The number of aromatic nitrogens is 2. The Labute approximate surface area is 79.0 Å². The summed E-state index contributed by atoms with van der Waals surface area (Å²) in [6.07, 6.45) is 4.73. The lowest BCUT2D eigenvalue weighted by molar-refractivity contribution is 0.784. The molecule has 4 heteroatoms. The van der Waals surface area contributed by atoms with Gasteiger partial charge >= 0.3 is 0 Å². The average molecular weight is 180 g/mol. The highest BCUT2D eigenvalue weighted by molar-refractivity contribution is 5.26. The highest BCUT2D eigenvalue weighted by Gasteiger charge is 1.98. The van der Waals surface area contributed by atoms with Gasteiger partial charge in [-0.3, -0.25) is 0 Å². The summed E-state index contributed by atoms with van der Waals surface area (Å²) in [5, 5.41) is 3.09.